The first-order valence-electron chi connectivity index (χ1n) is 10.3. The molecule has 144 valence electrons. The van der Waals surface area contributed by atoms with Gasteiger partial charge < -0.3 is 19.3 Å². The van der Waals surface area contributed by atoms with Crippen LogP contribution in [0.25, 0.3) is 0 Å². The summed E-state index contributed by atoms with van der Waals surface area (Å²) in [6.07, 6.45) is 5.61. The molecule has 26 heavy (non-hydrogen) atoms. The summed E-state index contributed by atoms with van der Waals surface area (Å²) >= 11 is 0. The second kappa shape index (κ2) is 8.59. The van der Waals surface area contributed by atoms with Gasteiger partial charge in [0.2, 0.25) is 0 Å². The highest BCUT2D eigenvalue weighted by Crippen LogP contribution is 2.29. The molecule has 0 N–H and O–H groups in total. The number of para-hydroxylation sites is 2. The number of piperidine rings is 1. The van der Waals surface area contributed by atoms with E-state index in [1.54, 1.807) is 7.11 Å². The quantitative estimate of drug-likeness (QED) is 0.805. The molecule has 0 spiro atoms. The third kappa shape index (κ3) is 4.16. The first-order chi connectivity index (χ1) is 12.8. The van der Waals surface area contributed by atoms with Crippen molar-refractivity contribution < 1.29 is 9.47 Å². The molecule has 0 saturated carbocycles. The van der Waals surface area contributed by atoms with Crippen molar-refractivity contribution in [3.05, 3.63) is 24.3 Å². The molecule has 1 unspecified atom stereocenters. The largest absolute Gasteiger partial charge is 0.495 e. The molecule has 3 aliphatic heterocycles. The molecule has 3 heterocycles. The minimum absolute atomic E-state index is 0.496. The zero-order valence-electron chi connectivity index (χ0n) is 16.1. The van der Waals surface area contributed by atoms with Crippen LogP contribution < -0.4 is 9.64 Å². The van der Waals surface area contributed by atoms with E-state index in [2.05, 4.69) is 32.9 Å². The fourth-order valence-electron chi connectivity index (χ4n) is 4.76. The summed E-state index contributed by atoms with van der Waals surface area (Å²) in [5.74, 6) is 0.989. The van der Waals surface area contributed by atoms with Gasteiger partial charge in [-0.25, -0.2) is 0 Å². The van der Waals surface area contributed by atoms with Crippen LogP contribution in [0.1, 0.15) is 25.7 Å². The summed E-state index contributed by atoms with van der Waals surface area (Å²) in [7, 11) is 1.76. The normalized spacial score (nSPS) is 26.3. The number of hydrogen-bond donors (Lipinski definition) is 0. The van der Waals surface area contributed by atoms with Gasteiger partial charge in [-0.3, -0.25) is 4.90 Å². The van der Waals surface area contributed by atoms with E-state index in [0.717, 1.165) is 51.1 Å². The topological polar surface area (TPSA) is 28.2 Å². The molecule has 0 radical (unpaired) electrons. The fraction of sp³-hybridized carbons (Fsp3) is 0.714. The average Bonchev–Trinajstić information content (AvgIpc) is 3.22. The Bertz CT molecular complexity index is 560. The van der Waals surface area contributed by atoms with Gasteiger partial charge in [-0.05, 0) is 50.9 Å². The maximum absolute atomic E-state index is 5.80. The van der Waals surface area contributed by atoms with Gasteiger partial charge in [-0.15, -0.1) is 0 Å². The molecular formula is C21H33N3O2. The van der Waals surface area contributed by atoms with E-state index in [-0.39, 0.29) is 0 Å². The SMILES string of the molecule is COc1ccccc1N1CCN(C2CCN(CC3CCCO3)CC2)CC1. The van der Waals surface area contributed by atoms with Crippen LogP contribution in [0.4, 0.5) is 5.69 Å². The van der Waals surface area contributed by atoms with Gasteiger partial charge in [0.15, 0.2) is 0 Å². The molecule has 1 aromatic rings. The van der Waals surface area contributed by atoms with Crippen LogP contribution in [0.2, 0.25) is 0 Å². The van der Waals surface area contributed by atoms with E-state index >= 15 is 0 Å². The number of hydrogen-bond acceptors (Lipinski definition) is 5. The molecule has 0 amide bonds. The Labute approximate surface area is 157 Å². The number of rotatable bonds is 5. The lowest BCUT2D eigenvalue weighted by Gasteiger charge is -2.43. The molecular weight excluding hydrogens is 326 g/mol. The average molecular weight is 360 g/mol. The second-order valence-corrected chi connectivity index (χ2v) is 7.86. The van der Waals surface area contributed by atoms with Gasteiger partial charge in [-0.1, -0.05) is 12.1 Å². The summed E-state index contributed by atoms with van der Waals surface area (Å²) in [5, 5.41) is 0. The van der Waals surface area contributed by atoms with Gasteiger partial charge in [0.05, 0.1) is 18.9 Å². The Hall–Kier alpha value is -1.30. The first-order valence-corrected chi connectivity index (χ1v) is 10.3. The summed E-state index contributed by atoms with van der Waals surface area (Å²) in [5.41, 5.74) is 1.24. The van der Waals surface area contributed by atoms with E-state index in [1.165, 1.54) is 44.5 Å². The smallest absolute Gasteiger partial charge is 0.142 e. The van der Waals surface area contributed by atoms with Crippen molar-refractivity contribution in [1.29, 1.82) is 0 Å². The van der Waals surface area contributed by atoms with Gasteiger partial charge in [-0.2, -0.15) is 0 Å². The zero-order chi connectivity index (χ0) is 17.8. The van der Waals surface area contributed by atoms with Crippen LogP contribution in [0.5, 0.6) is 5.75 Å². The molecule has 1 atom stereocenters. The monoisotopic (exact) mass is 359 g/mol. The Kier molecular flexibility index (Phi) is 5.98. The second-order valence-electron chi connectivity index (χ2n) is 7.86. The van der Waals surface area contributed by atoms with Crippen molar-refractivity contribution in [2.45, 2.75) is 37.8 Å². The minimum Gasteiger partial charge on any atom is -0.495 e. The summed E-state index contributed by atoms with van der Waals surface area (Å²) in [6.45, 7) is 9.09. The minimum atomic E-state index is 0.496. The fourth-order valence-corrected chi connectivity index (χ4v) is 4.76. The van der Waals surface area contributed by atoms with Gasteiger partial charge in [0.1, 0.15) is 5.75 Å². The number of ether oxygens (including phenoxy) is 2. The van der Waals surface area contributed by atoms with Crippen LogP contribution in [-0.2, 0) is 4.74 Å². The molecule has 1 aromatic carbocycles. The molecule has 0 aromatic heterocycles. The van der Waals surface area contributed by atoms with E-state index in [1.807, 2.05) is 6.07 Å². The molecule has 3 aliphatic rings. The summed E-state index contributed by atoms with van der Waals surface area (Å²) < 4.78 is 11.3. The molecule has 0 aliphatic carbocycles. The van der Waals surface area contributed by atoms with Crippen LogP contribution in [-0.4, -0.2) is 81.5 Å². The molecule has 4 rings (SSSR count). The van der Waals surface area contributed by atoms with Gasteiger partial charge >= 0.3 is 0 Å². The highest BCUT2D eigenvalue weighted by molar-refractivity contribution is 5.58. The van der Waals surface area contributed by atoms with Crippen LogP contribution in [0.3, 0.4) is 0 Å². The number of methoxy groups -OCH3 is 1. The van der Waals surface area contributed by atoms with E-state index in [0.29, 0.717) is 6.10 Å². The first kappa shape index (κ1) is 18.1. The van der Waals surface area contributed by atoms with Gasteiger partial charge in [0.25, 0.3) is 0 Å². The maximum atomic E-state index is 5.80. The van der Waals surface area contributed by atoms with Crippen LogP contribution >= 0.6 is 0 Å². The van der Waals surface area contributed by atoms with Crippen LogP contribution in [0, 0.1) is 0 Å². The number of benzene rings is 1. The lowest BCUT2D eigenvalue weighted by Crippen LogP contribution is -2.53. The summed E-state index contributed by atoms with van der Waals surface area (Å²) in [6, 6.07) is 9.15. The lowest BCUT2D eigenvalue weighted by molar-refractivity contribution is 0.0470. The Morgan fingerprint density at radius 1 is 1.00 bits per heavy atom. The molecule has 3 fully saturated rings. The molecule has 5 heteroatoms. The number of likely N-dealkylation sites (tertiary alicyclic amines) is 1. The third-order valence-electron chi connectivity index (χ3n) is 6.30. The van der Waals surface area contributed by atoms with Crippen LogP contribution in [0.15, 0.2) is 24.3 Å². The van der Waals surface area contributed by atoms with Crippen molar-refractivity contribution in [3.63, 3.8) is 0 Å². The summed E-state index contributed by atoms with van der Waals surface area (Å²) in [4.78, 5) is 7.81. The standard InChI is InChI=1S/C21H33N3O2/c1-25-21-7-3-2-6-20(21)24-14-12-23(13-15-24)18-8-10-22(11-9-18)17-19-5-4-16-26-19/h2-3,6-7,18-19H,4-5,8-17H2,1H3. The van der Waals surface area contributed by atoms with Crippen molar-refractivity contribution in [2.75, 3.05) is 64.4 Å². The third-order valence-corrected chi connectivity index (χ3v) is 6.30. The number of piperazine rings is 1. The Morgan fingerprint density at radius 3 is 2.46 bits per heavy atom. The van der Waals surface area contributed by atoms with Crippen molar-refractivity contribution in [1.82, 2.24) is 9.80 Å². The lowest BCUT2D eigenvalue weighted by atomic mass is 10.0. The molecule has 0 bridgehead atoms. The predicted octanol–water partition coefficient (Wildman–Crippen LogP) is 2.46. The maximum Gasteiger partial charge on any atom is 0.142 e. The highest BCUT2D eigenvalue weighted by atomic mass is 16.5. The molecule has 3 saturated heterocycles. The zero-order valence-corrected chi connectivity index (χ0v) is 16.1. The predicted molar refractivity (Wildman–Crippen MR) is 105 cm³/mol. The Morgan fingerprint density at radius 2 is 1.77 bits per heavy atom. The van der Waals surface area contributed by atoms with E-state index < -0.39 is 0 Å². The Balaban J connectivity index is 1.24. The van der Waals surface area contributed by atoms with Gasteiger partial charge in [0, 0.05) is 45.4 Å². The van der Waals surface area contributed by atoms with Crippen molar-refractivity contribution in [2.24, 2.45) is 0 Å². The van der Waals surface area contributed by atoms with E-state index in [9.17, 15) is 0 Å². The van der Waals surface area contributed by atoms with Crippen molar-refractivity contribution >= 4 is 5.69 Å². The molecule has 5 nitrogen and oxygen atoms in total. The van der Waals surface area contributed by atoms with Crippen molar-refractivity contribution in [3.8, 4) is 5.75 Å². The number of anilines is 1. The highest BCUT2D eigenvalue weighted by Gasteiger charge is 2.29. The van der Waals surface area contributed by atoms with E-state index in [4.69, 9.17) is 9.47 Å². The number of nitrogens with zero attached hydrogens (tertiary/aromatic N) is 3.